The Kier molecular flexibility index (Phi) is 7.16. The number of hydrogen-bond acceptors (Lipinski definition) is 6. The van der Waals surface area contributed by atoms with E-state index in [1.54, 1.807) is 26.2 Å². The normalized spacial score (nSPS) is 11.8. The van der Waals surface area contributed by atoms with Crippen LogP contribution in [-0.4, -0.2) is 43.4 Å². The van der Waals surface area contributed by atoms with Crippen molar-refractivity contribution >= 4 is 44.2 Å². The summed E-state index contributed by atoms with van der Waals surface area (Å²) in [6.45, 7) is 2.88. The van der Waals surface area contributed by atoms with Gasteiger partial charge in [-0.05, 0) is 48.0 Å². The first-order chi connectivity index (χ1) is 16.1. The van der Waals surface area contributed by atoms with Crippen LogP contribution in [0.3, 0.4) is 0 Å². The molecule has 1 amide bonds. The molecule has 0 aliphatic rings. The number of rotatable bonds is 8. The van der Waals surface area contributed by atoms with E-state index in [0.717, 1.165) is 21.0 Å². The zero-order valence-electron chi connectivity index (χ0n) is 18.4. The molecule has 0 radical (unpaired) electrons. The Labute approximate surface area is 194 Å². The predicted octanol–water partition coefficient (Wildman–Crippen LogP) is 4.19. The van der Waals surface area contributed by atoms with E-state index in [1.807, 2.05) is 53.1 Å². The number of carbonyl (C=O) groups excluding carboxylic acids is 2. The maximum atomic E-state index is 12.6. The summed E-state index contributed by atoms with van der Waals surface area (Å²) in [5, 5.41) is 2.14. The fraction of sp³-hybridized carbons (Fsp3) is 0.240. The van der Waals surface area contributed by atoms with Crippen LogP contribution in [0.2, 0.25) is 0 Å². The third-order valence-electron chi connectivity index (χ3n) is 5.02. The molecule has 170 valence electrons. The van der Waals surface area contributed by atoms with Crippen molar-refractivity contribution in [1.82, 2.24) is 4.57 Å². The van der Waals surface area contributed by atoms with Crippen LogP contribution in [0.4, 0.5) is 0 Å². The molecule has 1 heterocycles. The molecule has 0 fully saturated rings. The van der Waals surface area contributed by atoms with Crippen LogP contribution in [0.5, 0.6) is 5.75 Å². The highest BCUT2D eigenvalue weighted by atomic mass is 32.1. The van der Waals surface area contributed by atoms with Crippen molar-refractivity contribution in [3.63, 3.8) is 0 Å². The lowest BCUT2D eigenvalue weighted by molar-refractivity contribution is -0.120. The summed E-state index contributed by atoms with van der Waals surface area (Å²) in [6, 6.07) is 19.0. The van der Waals surface area contributed by atoms with Crippen molar-refractivity contribution < 1.29 is 23.8 Å². The smallest absolute Gasteiger partial charge is 0.338 e. The number of esters is 1. The number of benzene rings is 3. The lowest BCUT2D eigenvalue weighted by Gasteiger charge is -2.06. The topological polar surface area (TPSA) is 79.1 Å². The third kappa shape index (κ3) is 5.30. The summed E-state index contributed by atoms with van der Waals surface area (Å²) >= 11 is 1.33. The minimum absolute atomic E-state index is 0.176. The first kappa shape index (κ1) is 22.7. The fourth-order valence-corrected chi connectivity index (χ4v) is 4.55. The standard InChI is InChI=1S/C25H24N2O5S/c1-3-31-24(29)19-9-11-21-22(15-19)33-25(27(21)12-13-30-2)26-23(28)16-32-20-10-8-17-6-4-5-7-18(17)14-20/h4-11,14-15H,3,12-13,16H2,1-2H3. The van der Waals surface area contributed by atoms with Gasteiger partial charge in [0.05, 0.1) is 29.0 Å². The highest BCUT2D eigenvalue weighted by molar-refractivity contribution is 7.16. The highest BCUT2D eigenvalue weighted by Crippen LogP contribution is 2.21. The molecular formula is C25H24N2O5S. The molecule has 0 spiro atoms. The van der Waals surface area contributed by atoms with Crippen LogP contribution >= 0.6 is 11.3 Å². The van der Waals surface area contributed by atoms with E-state index in [9.17, 15) is 9.59 Å². The van der Waals surface area contributed by atoms with Gasteiger partial charge in [-0.2, -0.15) is 4.99 Å². The maximum Gasteiger partial charge on any atom is 0.338 e. The van der Waals surface area contributed by atoms with Gasteiger partial charge in [-0.1, -0.05) is 41.7 Å². The highest BCUT2D eigenvalue weighted by Gasteiger charge is 2.13. The molecule has 33 heavy (non-hydrogen) atoms. The van der Waals surface area contributed by atoms with Crippen LogP contribution in [0, 0.1) is 0 Å². The second kappa shape index (κ2) is 10.4. The molecule has 4 aromatic rings. The van der Waals surface area contributed by atoms with Gasteiger partial charge in [0.15, 0.2) is 11.4 Å². The molecule has 4 rings (SSSR count). The van der Waals surface area contributed by atoms with Crippen molar-refractivity contribution in [1.29, 1.82) is 0 Å². The van der Waals surface area contributed by atoms with E-state index < -0.39 is 5.91 Å². The molecule has 8 heteroatoms. The second-order valence-electron chi connectivity index (χ2n) is 7.24. The van der Waals surface area contributed by atoms with Gasteiger partial charge in [-0.15, -0.1) is 0 Å². The van der Waals surface area contributed by atoms with Gasteiger partial charge in [0.25, 0.3) is 5.91 Å². The molecule has 7 nitrogen and oxygen atoms in total. The molecule has 0 aliphatic carbocycles. The third-order valence-corrected chi connectivity index (χ3v) is 6.06. The van der Waals surface area contributed by atoms with E-state index in [2.05, 4.69) is 4.99 Å². The summed E-state index contributed by atoms with van der Waals surface area (Å²) in [6.07, 6.45) is 0. The molecule has 0 atom stereocenters. The average molecular weight is 465 g/mol. The SMILES string of the molecule is CCOC(=O)c1ccc2c(c1)sc(=NC(=O)COc1ccc3ccccc3c1)n2CCOC. The van der Waals surface area contributed by atoms with Crippen LogP contribution in [0.1, 0.15) is 17.3 Å². The summed E-state index contributed by atoms with van der Waals surface area (Å²) < 4.78 is 18.7. The number of carbonyl (C=O) groups is 2. The van der Waals surface area contributed by atoms with Crippen molar-refractivity contribution in [3.8, 4) is 5.75 Å². The Morgan fingerprint density at radius 1 is 1.03 bits per heavy atom. The van der Waals surface area contributed by atoms with Gasteiger partial charge in [0.1, 0.15) is 5.75 Å². The lowest BCUT2D eigenvalue weighted by atomic mass is 10.1. The van der Waals surface area contributed by atoms with Gasteiger partial charge in [0.2, 0.25) is 0 Å². The van der Waals surface area contributed by atoms with E-state index >= 15 is 0 Å². The average Bonchev–Trinajstić information content (AvgIpc) is 3.17. The zero-order chi connectivity index (χ0) is 23.2. The molecule has 0 bridgehead atoms. The number of aromatic nitrogens is 1. The van der Waals surface area contributed by atoms with Crippen molar-refractivity contribution in [2.45, 2.75) is 13.5 Å². The van der Waals surface area contributed by atoms with Crippen LogP contribution in [-0.2, 0) is 20.8 Å². The number of amides is 1. The largest absolute Gasteiger partial charge is 0.484 e. The van der Waals surface area contributed by atoms with Crippen LogP contribution in [0.25, 0.3) is 21.0 Å². The summed E-state index contributed by atoms with van der Waals surface area (Å²) in [7, 11) is 1.62. The quantitative estimate of drug-likeness (QED) is 0.366. The number of methoxy groups -OCH3 is 1. The fourth-order valence-electron chi connectivity index (χ4n) is 3.44. The van der Waals surface area contributed by atoms with Gasteiger partial charge >= 0.3 is 5.97 Å². The minimum atomic E-state index is -0.397. The van der Waals surface area contributed by atoms with Crippen LogP contribution in [0.15, 0.2) is 65.7 Å². The van der Waals surface area contributed by atoms with Crippen LogP contribution < -0.4 is 9.54 Å². The molecular weight excluding hydrogens is 440 g/mol. The summed E-state index contributed by atoms with van der Waals surface area (Å²) in [5.41, 5.74) is 1.33. The Morgan fingerprint density at radius 2 is 1.85 bits per heavy atom. The number of thiazole rings is 1. The van der Waals surface area contributed by atoms with E-state index in [1.165, 1.54) is 11.3 Å². The molecule has 1 aromatic heterocycles. The van der Waals surface area contributed by atoms with Gasteiger partial charge in [-0.3, -0.25) is 4.79 Å². The molecule has 3 aromatic carbocycles. The predicted molar refractivity (Wildman–Crippen MR) is 128 cm³/mol. The van der Waals surface area contributed by atoms with Crippen molar-refractivity contribution in [2.75, 3.05) is 26.9 Å². The first-order valence-corrected chi connectivity index (χ1v) is 11.4. The lowest BCUT2D eigenvalue weighted by Crippen LogP contribution is -2.21. The number of nitrogens with zero attached hydrogens (tertiary/aromatic N) is 2. The maximum absolute atomic E-state index is 12.6. The molecule has 0 unspecified atom stereocenters. The van der Waals surface area contributed by atoms with E-state index in [4.69, 9.17) is 14.2 Å². The Morgan fingerprint density at radius 3 is 2.64 bits per heavy atom. The summed E-state index contributed by atoms with van der Waals surface area (Å²) in [4.78, 5) is 29.5. The van der Waals surface area contributed by atoms with Gasteiger partial charge in [-0.25, -0.2) is 4.79 Å². The monoisotopic (exact) mass is 464 g/mol. The van der Waals surface area contributed by atoms with E-state index in [0.29, 0.717) is 35.9 Å². The Hall–Kier alpha value is -3.49. The molecule has 0 saturated heterocycles. The Bertz CT molecular complexity index is 1370. The van der Waals surface area contributed by atoms with Gasteiger partial charge in [0, 0.05) is 13.7 Å². The molecule has 0 saturated carbocycles. The van der Waals surface area contributed by atoms with Gasteiger partial charge < -0.3 is 18.8 Å². The zero-order valence-corrected chi connectivity index (χ0v) is 19.3. The number of fused-ring (bicyclic) bond motifs is 2. The number of ether oxygens (including phenoxy) is 3. The van der Waals surface area contributed by atoms with Crippen molar-refractivity contribution in [2.24, 2.45) is 4.99 Å². The van der Waals surface area contributed by atoms with Crippen molar-refractivity contribution in [3.05, 3.63) is 71.0 Å². The minimum Gasteiger partial charge on any atom is -0.484 e. The summed E-state index contributed by atoms with van der Waals surface area (Å²) in [5.74, 6) is -0.166. The Balaban J connectivity index is 1.59. The first-order valence-electron chi connectivity index (χ1n) is 10.6. The molecule has 0 N–H and O–H groups in total. The molecule has 0 aliphatic heterocycles. The van der Waals surface area contributed by atoms with E-state index in [-0.39, 0.29) is 12.6 Å². The second-order valence-corrected chi connectivity index (χ2v) is 8.24. The number of hydrogen-bond donors (Lipinski definition) is 0.